The van der Waals surface area contributed by atoms with Crippen LogP contribution in [0.1, 0.15) is 194 Å². The van der Waals surface area contributed by atoms with Gasteiger partial charge >= 0.3 is 0 Å². The molecule has 2 heteroatoms. The topological polar surface area (TPSA) is 34.1 Å². The van der Waals surface area contributed by atoms with Gasteiger partial charge in [0.05, 0.1) is 11.8 Å². The van der Waals surface area contributed by atoms with Gasteiger partial charge in [-0.25, -0.2) is 0 Å². The highest BCUT2D eigenvalue weighted by Crippen LogP contribution is 2.33. The van der Waals surface area contributed by atoms with Crippen molar-refractivity contribution in [1.82, 2.24) is 0 Å². The predicted molar refractivity (Wildman–Crippen MR) is 158 cm³/mol. The summed E-state index contributed by atoms with van der Waals surface area (Å²) in [5.41, 5.74) is 0. The van der Waals surface area contributed by atoms with E-state index in [4.69, 9.17) is 0 Å². The molecule has 0 aliphatic heterocycles. The van der Waals surface area contributed by atoms with Crippen LogP contribution in [-0.2, 0) is 9.59 Å². The summed E-state index contributed by atoms with van der Waals surface area (Å²) in [6, 6.07) is 0. The van der Waals surface area contributed by atoms with Crippen LogP contribution in [0.3, 0.4) is 0 Å². The zero-order valence-electron chi connectivity index (χ0n) is 24.8. The predicted octanol–water partition coefficient (Wildman–Crippen LogP) is 11.3. The third-order valence-electron chi connectivity index (χ3n) is 8.57. The smallest absolute Gasteiger partial charge is 0.153 e. The van der Waals surface area contributed by atoms with E-state index in [2.05, 4.69) is 13.8 Å². The molecule has 0 amide bonds. The SMILES string of the molecule is CCCCCCCCCCCCCCCCC1C(=O)C(CCCCCCCCCCCCCC)C1=O. The molecule has 0 aromatic carbocycles. The molecule has 2 nitrogen and oxygen atoms in total. The fourth-order valence-electron chi connectivity index (χ4n) is 5.97. The fourth-order valence-corrected chi connectivity index (χ4v) is 5.97. The molecule has 0 saturated heterocycles. The van der Waals surface area contributed by atoms with Crippen molar-refractivity contribution in [1.29, 1.82) is 0 Å². The summed E-state index contributed by atoms with van der Waals surface area (Å²) < 4.78 is 0. The van der Waals surface area contributed by atoms with E-state index in [9.17, 15) is 9.59 Å². The molecule has 1 rings (SSSR count). The second kappa shape index (κ2) is 24.7. The van der Waals surface area contributed by atoms with Crippen molar-refractivity contribution in [3.05, 3.63) is 0 Å². The Morgan fingerprint density at radius 2 is 0.528 bits per heavy atom. The summed E-state index contributed by atoms with van der Waals surface area (Å²) >= 11 is 0. The van der Waals surface area contributed by atoms with E-state index in [0.29, 0.717) is 0 Å². The Bertz CT molecular complexity index is 495. The third-order valence-corrected chi connectivity index (χ3v) is 8.57. The van der Waals surface area contributed by atoms with Crippen molar-refractivity contribution in [2.45, 2.75) is 194 Å². The Morgan fingerprint density at radius 1 is 0.333 bits per heavy atom. The zero-order chi connectivity index (χ0) is 26.1. The minimum absolute atomic E-state index is 0.232. The Balaban J connectivity index is 1.84. The van der Waals surface area contributed by atoms with Gasteiger partial charge in [-0.3, -0.25) is 9.59 Å². The van der Waals surface area contributed by atoms with Crippen molar-refractivity contribution in [2.24, 2.45) is 11.8 Å². The number of rotatable bonds is 28. The minimum Gasteiger partial charge on any atom is -0.298 e. The molecule has 0 unspecified atom stereocenters. The van der Waals surface area contributed by atoms with Gasteiger partial charge in [-0.2, -0.15) is 0 Å². The first kappa shape index (κ1) is 33.4. The molecule has 36 heavy (non-hydrogen) atoms. The van der Waals surface area contributed by atoms with Crippen LogP contribution < -0.4 is 0 Å². The molecule has 0 spiro atoms. The van der Waals surface area contributed by atoms with Gasteiger partial charge in [0.2, 0.25) is 0 Å². The Kier molecular flexibility index (Phi) is 22.9. The number of hydrogen-bond acceptors (Lipinski definition) is 2. The number of ketones is 2. The molecule has 0 atom stereocenters. The summed E-state index contributed by atoms with van der Waals surface area (Å²) in [6.07, 6.45) is 36.5. The van der Waals surface area contributed by atoms with Crippen LogP contribution in [0.5, 0.6) is 0 Å². The van der Waals surface area contributed by atoms with Crippen molar-refractivity contribution < 1.29 is 9.59 Å². The lowest BCUT2D eigenvalue weighted by Crippen LogP contribution is -2.48. The van der Waals surface area contributed by atoms with Crippen molar-refractivity contribution in [3.8, 4) is 0 Å². The Labute approximate surface area is 226 Å². The molecule has 0 radical (unpaired) electrons. The molecule has 1 aliphatic carbocycles. The number of carbonyl (C=O) groups is 2. The highest BCUT2D eigenvalue weighted by molar-refractivity contribution is 6.23. The number of carbonyl (C=O) groups excluding carboxylic acids is 2. The molecule has 0 bridgehead atoms. The molecule has 0 N–H and O–H groups in total. The van der Waals surface area contributed by atoms with E-state index in [1.165, 1.54) is 154 Å². The monoisotopic (exact) mass is 504 g/mol. The molecule has 212 valence electrons. The van der Waals surface area contributed by atoms with Gasteiger partial charge in [-0.05, 0) is 12.8 Å². The van der Waals surface area contributed by atoms with Crippen LogP contribution in [0.15, 0.2) is 0 Å². The van der Waals surface area contributed by atoms with Crippen LogP contribution in [0.25, 0.3) is 0 Å². The summed E-state index contributed by atoms with van der Waals surface area (Å²) in [5.74, 6) is 0.0879. The van der Waals surface area contributed by atoms with E-state index in [0.717, 1.165) is 25.7 Å². The lowest BCUT2D eigenvalue weighted by Gasteiger charge is -2.32. The Hall–Kier alpha value is -0.660. The van der Waals surface area contributed by atoms with Gasteiger partial charge in [0, 0.05) is 0 Å². The highest BCUT2D eigenvalue weighted by atomic mass is 16.2. The Morgan fingerprint density at radius 3 is 0.750 bits per heavy atom. The van der Waals surface area contributed by atoms with E-state index in [-0.39, 0.29) is 23.4 Å². The summed E-state index contributed by atoms with van der Waals surface area (Å²) in [4.78, 5) is 24.9. The van der Waals surface area contributed by atoms with Crippen LogP contribution in [0.2, 0.25) is 0 Å². The summed E-state index contributed by atoms with van der Waals surface area (Å²) in [5, 5.41) is 0. The quantitative estimate of drug-likeness (QED) is 0.0784. The third kappa shape index (κ3) is 17.0. The van der Waals surface area contributed by atoms with Crippen LogP contribution >= 0.6 is 0 Å². The molecule has 0 heterocycles. The van der Waals surface area contributed by atoms with Crippen molar-refractivity contribution in [2.75, 3.05) is 0 Å². The van der Waals surface area contributed by atoms with Gasteiger partial charge in [0.15, 0.2) is 11.6 Å². The lowest BCUT2D eigenvalue weighted by atomic mass is 9.68. The average molecular weight is 505 g/mol. The number of Topliss-reactive ketones (excluding diaryl/α,β-unsaturated/α-hetero) is 2. The van der Waals surface area contributed by atoms with Crippen LogP contribution in [0.4, 0.5) is 0 Å². The standard InChI is InChI=1S/C34H64O2/c1-3-5-7-9-11-13-15-17-18-20-22-24-26-28-30-32-33(35)31(34(32)36)29-27-25-23-21-19-16-14-12-10-8-6-4-2/h31-32H,3-30H2,1-2H3. The van der Waals surface area contributed by atoms with Crippen molar-refractivity contribution in [3.63, 3.8) is 0 Å². The number of hydrogen-bond donors (Lipinski definition) is 0. The van der Waals surface area contributed by atoms with E-state index in [1.54, 1.807) is 0 Å². The van der Waals surface area contributed by atoms with Crippen LogP contribution in [0, 0.1) is 11.8 Å². The van der Waals surface area contributed by atoms with E-state index < -0.39 is 0 Å². The molecule has 1 fully saturated rings. The largest absolute Gasteiger partial charge is 0.298 e. The molecule has 1 aliphatic rings. The lowest BCUT2D eigenvalue weighted by molar-refractivity contribution is -0.151. The first-order chi connectivity index (χ1) is 17.7. The van der Waals surface area contributed by atoms with Crippen LogP contribution in [-0.4, -0.2) is 11.6 Å². The second-order valence-corrected chi connectivity index (χ2v) is 12.0. The second-order valence-electron chi connectivity index (χ2n) is 12.0. The van der Waals surface area contributed by atoms with E-state index in [1.807, 2.05) is 0 Å². The first-order valence-corrected chi connectivity index (χ1v) is 16.8. The summed E-state index contributed by atoms with van der Waals surface area (Å²) in [6.45, 7) is 4.56. The van der Waals surface area contributed by atoms with E-state index >= 15 is 0 Å². The minimum atomic E-state index is -0.232. The zero-order valence-corrected chi connectivity index (χ0v) is 24.8. The fraction of sp³-hybridized carbons (Fsp3) is 0.941. The average Bonchev–Trinajstić information content (AvgIpc) is 2.89. The maximum absolute atomic E-state index is 12.4. The molecular formula is C34H64O2. The van der Waals surface area contributed by atoms with Gasteiger partial charge in [-0.15, -0.1) is 0 Å². The van der Waals surface area contributed by atoms with Gasteiger partial charge < -0.3 is 0 Å². The van der Waals surface area contributed by atoms with Gasteiger partial charge in [0.25, 0.3) is 0 Å². The summed E-state index contributed by atoms with van der Waals surface area (Å²) in [7, 11) is 0. The van der Waals surface area contributed by atoms with Crippen molar-refractivity contribution >= 4 is 11.6 Å². The first-order valence-electron chi connectivity index (χ1n) is 16.8. The highest BCUT2D eigenvalue weighted by Gasteiger charge is 2.47. The maximum Gasteiger partial charge on any atom is 0.153 e. The molecule has 1 saturated carbocycles. The van der Waals surface area contributed by atoms with Gasteiger partial charge in [0.1, 0.15) is 0 Å². The molecule has 0 aromatic heterocycles. The number of unbranched alkanes of at least 4 members (excludes halogenated alkanes) is 24. The maximum atomic E-state index is 12.4. The van der Waals surface area contributed by atoms with Gasteiger partial charge in [-0.1, -0.05) is 181 Å². The molecule has 0 aromatic rings. The normalized spacial score (nSPS) is 17.6. The molecular weight excluding hydrogens is 440 g/mol.